The molecule has 3 aromatic rings. The number of anilines is 1. The molecule has 32 heavy (non-hydrogen) atoms. The van der Waals surface area contributed by atoms with Crippen LogP contribution in [0.4, 0.5) is 5.69 Å². The summed E-state index contributed by atoms with van der Waals surface area (Å²) in [6.45, 7) is 2.44. The number of aromatic nitrogens is 1. The monoisotopic (exact) mass is 431 g/mol. The molecule has 1 heterocycles. The van der Waals surface area contributed by atoms with Crippen LogP contribution >= 0.6 is 0 Å². The third kappa shape index (κ3) is 5.20. The molecule has 0 unspecified atom stereocenters. The van der Waals surface area contributed by atoms with Crippen LogP contribution in [0.15, 0.2) is 54.7 Å². The topological polar surface area (TPSA) is 177 Å². The van der Waals surface area contributed by atoms with Gasteiger partial charge in [0.25, 0.3) is 5.91 Å². The van der Waals surface area contributed by atoms with Gasteiger partial charge < -0.3 is 27.3 Å². The zero-order valence-electron chi connectivity index (χ0n) is 17.6. The number of hydrogen-bond acceptors (Lipinski definition) is 6. The lowest BCUT2D eigenvalue weighted by atomic mass is 10.1. The van der Waals surface area contributed by atoms with Gasteiger partial charge >= 0.3 is 0 Å². The van der Waals surface area contributed by atoms with Gasteiger partial charge in [0.05, 0.1) is 0 Å². The summed E-state index contributed by atoms with van der Waals surface area (Å²) >= 11 is 0. The van der Waals surface area contributed by atoms with Crippen molar-refractivity contribution >= 4 is 23.3 Å². The number of rotatable bonds is 9. The minimum atomic E-state index is -0.681. The summed E-state index contributed by atoms with van der Waals surface area (Å²) in [5.74, 6) is -0.391. The quantitative estimate of drug-likeness (QED) is 0.223. The van der Waals surface area contributed by atoms with Gasteiger partial charge in [-0.3, -0.25) is 15.6 Å². The molecule has 9 nitrogen and oxygen atoms in total. The molecule has 0 radical (unpaired) electrons. The normalized spacial score (nSPS) is 10.4. The summed E-state index contributed by atoms with van der Waals surface area (Å²) in [5, 5.41) is 18.3. The molecule has 2 aromatic carbocycles. The second kappa shape index (κ2) is 9.61. The van der Waals surface area contributed by atoms with E-state index >= 15 is 0 Å². The Morgan fingerprint density at radius 2 is 1.72 bits per heavy atom. The highest BCUT2D eigenvalue weighted by Crippen LogP contribution is 2.26. The van der Waals surface area contributed by atoms with Gasteiger partial charge in [0, 0.05) is 35.1 Å². The van der Waals surface area contributed by atoms with Gasteiger partial charge in [0.1, 0.15) is 18.3 Å². The van der Waals surface area contributed by atoms with Crippen LogP contribution in [-0.4, -0.2) is 22.6 Å². The minimum Gasteiger partial charge on any atom is -0.486 e. The lowest BCUT2D eigenvalue weighted by molar-refractivity contribution is 0.0990. The first kappa shape index (κ1) is 22.3. The van der Waals surface area contributed by atoms with Crippen molar-refractivity contribution in [1.29, 1.82) is 10.8 Å². The smallest absolute Gasteiger partial charge is 0.271 e. The number of carbonyl (C=O) groups excluding carboxylic acids is 1. The number of nitrogens with two attached hydrogens (primary N) is 3. The van der Waals surface area contributed by atoms with Crippen molar-refractivity contribution in [3.05, 3.63) is 88.2 Å². The Morgan fingerprint density at radius 3 is 2.34 bits per heavy atom. The molecule has 164 valence electrons. The van der Waals surface area contributed by atoms with E-state index in [0.717, 1.165) is 22.4 Å². The Kier molecular flexibility index (Phi) is 6.69. The average Bonchev–Trinajstić information content (AvgIpc) is 2.77. The van der Waals surface area contributed by atoms with Crippen molar-refractivity contribution in [3.8, 4) is 5.75 Å². The summed E-state index contributed by atoms with van der Waals surface area (Å²) in [5.41, 5.74) is 21.0. The Bertz CT molecular complexity index is 1170. The van der Waals surface area contributed by atoms with Crippen LogP contribution in [-0.2, 0) is 13.2 Å². The third-order valence-corrected chi connectivity index (χ3v) is 4.92. The van der Waals surface area contributed by atoms with Crippen LogP contribution in [0.2, 0.25) is 0 Å². The Morgan fingerprint density at radius 1 is 1.03 bits per heavy atom. The largest absolute Gasteiger partial charge is 0.486 e. The molecule has 0 saturated heterocycles. The molecule has 0 bridgehead atoms. The van der Waals surface area contributed by atoms with E-state index in [1.165, 1.54) is 0 Å². The summed E-state index contributed by atoms with van der Waals surface area (Å²) in [6.07, 6.45) is 1.59. The first-order valence-corrected chi connectivity index (χ1v) is 9.79. The number of amides is 1. The van der Waals surface area contributed by atoms with E-state index in [4.69, 9.17) is 32.8 Å². The predicted molar refractivity (Wildman–Crippen MR) is 124 cm³/mol. The molecule has 1 aromatic heterocycles. The molecule has 9 N–H and O–H groups in total. The van der Waals surface area contributed by atoms with E-state index in [1.807, 2.05) is 25.1 Å². The van der Waals surface area contributed by atoms with Gasteiger partial charge in [0.15, 0.2) is 11.4 Å². The molecule has 1 amide bonds. The summed E-state index contributed by atoms with van der Waals surface area (Å²) in [6, 6.07) is 14.3. The standard InChI is InChI=1S/C23H25N7O2/c1-13-17(10-29-18-7-5-15(6-8-18)21(24)25)11-30-19(23(28)31)20(13)32-12-14-3-2-4-16(9-14)22(26)27/h2-9,11,29H,10,12H2,1H3,(H3,24,25)(H3,26,27)(H2,28,31). The van der Waals surface area contributed by atoms with Crippen LogP contribution in [0.5, 0.6) is 5.75 Å². The molecule has 0 aliphatic heterocycles. The summed E-state index contributed by atoms with van der Waals surface area (Å²) in [7, 11) is 0. The van der Waals surface area contributed by atoms with Gasteiger partial charge in [-0.1, -0.05) is 18.2 Å². The van der Waals surface area contributed by atoms with Crippen molar-refractivity contribution in [3.63, 3.8) is 0 Å². The van der Waals surface area contributed by atoms with Crippen LogP contribution in [0.3, 0.4) is 0 Å². The highest BCUT2D eigenvalue weighted by Gasteiger charge is 2.17. The van der Waals surface area contributed by atoms with Gasteiger partial charge in [0.2, 0.25) is 0 Å². The molecule has 0 spiro atoms. The number of pyridine rings is 1. The number of primary amides is 1. The molecule has 3 rings (SSSR count). The number of carbonyl (C=O) groups is 1. The summed E-state index contributed by atoms with van der Waals surface area (Å²) < 4.78 is 5.94. The molecule has 0 saturated carbocycles. The van der Waals surface area contributed by atoms with Gasteiger partial charge in [-0.05, 0) is 48.4 Å². The molecule has 9 heteroatoms. The maximum absolute atomic E-state index is 11.9. The number of benzene rings is 2. The van der Waals surface area contributed by atoms with Crippen molar-refractivity contribution in [2.45, 2.75) is 20.1 Å². The maximum Gasteiger partial charge on any atom is 0.271 e. The number of ether oxygens (including phenoxy) is 1. The third-order valence-electron chi connectivity index (χ3n) is 4.92. The number of amidine groups is 2. The van der Waals surface area contributed by atoms with Crippen molar-refractivity contribution < 1.29 is 9.53 Å². The van der Waals surface area contributed by atoms with E-state index in [-0.39, 0.29) is 24.0 Å². The van der Waals surface area contributed by atoms with Gasteiger partial charge in [-0.2, -0.15) is 0 Å². The number of nitrogen functional groups attached to an aromatic ring is 2. The van der Waals surface area contributed by atoms with E-state index in [1.54, 1.807) is 36.5 Å². The number of nitrogens with zero attached hydrogens (tertiary/aromatic N) is 1. The second-order valence-electron chi connectivity index (χ2n) is 7.20. The molecule has 0 aliphatic rings. The van der Waals surface area contributed by atoms with Crippen LogP contribution in [0, 0.1) is 17.7 Å². The maximum atomic E-state index is 11.9. The molecular formula is C23H25N7O2. The molecule has 0 fully saturated rings. The number of nitrogens with one attached hydrogen (secondary N) is 3. The van der Waals surface area contributed by atoms with Gasteiger partial charge in [-0.25, -0.2) is 4.98 Å². The molecule has 0 atom stereocenters. The highest BCUT2D eigenvalue weighted by molar-refractivity contribution is 5.96. The minimum absolute atomic E-state index is 0.00858. The fraction of sp³-hybridized carbons (Fsp3) is 0.130. The summed E-state index contributed by atoms with van der Waals surface area (Å²) in [4.78, 5) is 16.1. The second-order valence-corrected chi connectivity index (χ2v) is 7.20. The Hall–Kier alpha value is -4.40. The van der Waals surface area contributed by atoms with E-state index in [0.29, 0.717) is 23.4 Å². The van der Waals surface area contributed by atoms with E-state index < -0.39 is 5.91 Å². The Labute approximate surface area is 185 Å². The highest BCUT2D eigenvalue weighted by atomic mass is 16.5. The zero-order valence-corrected chi connectivity index (χ0v) is 17.6. The lowest BCUT2D eigenvalue weighted by Gasteiger charge is -2.16. The van der Waals surface area contributed by atoms with E-state index in [2.05, 4.69) is 10.3 Å². The zero-order chi connectivity index (χ0) is 23.3. The van der Waals surface area contributed by atoms with Crippen LogP contribution in [0.1, 0.15) is 38.3 Å². The Balaban J connectivity index is 1.80. The molecule has 0 aliphatic carbocycles. The van der Waals surface area contributed by atoms with Crippen molar-refractivity contribution in [1.82, 2.24) is 4.98 Å². The fourth-order valence-corrected chi connectivity index (χ4v) is 3.10. The average molecular weight is 432 g/mol. The van der Waals surface area contributed by atoms with Crippen molar-refractivity contribution in [2.75, 3.05) is 5.32 Å². The lowest BCUT2D eigenvalue weighted by Crippen LogP contribution is -2.17. The predicted octanol–water partition coefficient (Wildman–Crippen LogP) is 2.25. The first-order chi connectivity index (χ1) is 15.3. The first-order valence-electron chi connectivity index (χ1n) is 9.79. The fourth-order valence-electron chi connectivity index (χ4n) is 3.10. The van der Waals surface area contributed by atoms with Crippen molar-refractivity contribution in [2.24, 2.45) is 17.2 Å². The van der Waals surface area contributed by atoms with Crippen LogP contribution in [0.25, 0.3) is 0 Å². The number of hydrogen-bond donors (Lipinski definition) is 6. The van der Waals surface area contributed by atoms with Crippen LogP contribution < -0.4 is 27.3 Å². The van der Waals surface area contributed by atoms with E-state index in [9.17, 15) is 4.79 Å². The SMILES string of the molecule is Cc1c(CNc2ccc(C(=N)N)cc2)cnc(C(N)=O)c1OCc1cccc(C(=N)N)c1. The molecular weight excluding hydrogens is 406 g/mol. The van der Waals surface area contributed by atoms with Gasteiger partial charge in [-0.15, -0.1) is 0 Å².